The summed E-state index contributed by atoms with van der Waals surface area (Å²) in [5, 5.41) is 149. The Labute approximate surface area is 614 Å². The van der Waals surface area contributed by atoms with Crippen molar-refractivity contribution in [3.05, 3.63) is 384 Å². The molecule has 530 valence electrons. The van der Waals surface area contributed by atoms with E-state index in [1.165, 1.54) is 54.6 Å². The monoisotopic (exact) mass is 1470 g/mol. The van der Waals surface area contributed by atoms with Crippen molar-refractivity contribution in [3.8, 4) is 103 Å². The van der Waals surface area contributed by atoms with Crippen LogP contribution in [0.4, 0.5) is 0 Å². The highest BCUT2D eigenvalue weighted by atomic mass is 79.9. The van der Waals surface area contributed by atoms with Crippen LogP contribution in [0.1, 0.15) is 33.4 Å². The standard InChI is InChI=1S/C25H20O2.C13H12O2.C12H10O2.2C10H8O2.C6H5BrO2.2C6H6O2/c26-23-15-11-21(12-16-23)25(19-7-3-1-4-8-19,20-9-5-2-6-10-20)22-13-17-24(27)18-14-22;14-12-5-1-10(2-6-12)9-11-3-7-13(15)8-4-11;13-11-5-1-9(2-6-11)10-3-7-12(14)8-4-10;11-9-3-1-7-5-10(12)4-2-8(7)6-9;11-8-4-5-9-7(6-8)2-1-3-10(9)12;7-5-2-1-4(8)3-6(5)9;7-5-1-2-6(8)4-3-5;7-5-2-1-3-6(8)4-5/h1-18,26-27H;1-8,14-15H,9H2;1-8,13-14H;2*1-6,11-12H;1-3,8-9H;2*1-4,7-8H. The Kier molecular flexibility index (Phi) is 27.9. The zero-order valence-electron chi connectivity index (χ0n) is 56.1. The van der Waals surface area contributed by atoms with Gasteiger partial charge in [-0.25, -0.2) is 0 Å². The zero-order valence-corrected chi connectivity index (χ0v) is 57.7. The van der Waals surface area contributed by atoms with E-state index in [1.807, 2.05) is 115 Å². The first-order chi connectivity index (χ1) is 50.5. The number of hydrogen-bond acceptors (Lipinski definition) is 16. The van der Waals surface area contributed by atoms with Crippen LogP contribution in [0.2, 0.25) is 0 Å². The molecule has 16 nitrogen and oxygen atoms in total. The van der Waals surface area contributed by atoms with Crippen LogP contribution in [0.5, 0.6) is 92.0 Å². The van der Waals surface area contributed by atoms with E-state index in [9.17, 15) is 15.3 Å². The first-order valence-electron chi connectivity index (χ1n) is 32.3. The third kappa shape index (κ3) is 23.6. The van der Waals surface area contributed by atoms with Crippen LogP contribution in [0.3, 0.4) is 0 Å². The Morgan fingerprint density at radius 1 is 0.200 bits per heavy atom. The molecule has 0 atom stereocenters. The first kappa shape index (κ1) is 76.8. The second kappa shape index (κ2) is 38.1. The van der Waals surface area contributed by atoms with Crippen molar-refractivity contribution in [2.75, 3.05) is 0 Å². The van der Waals surface area contributed by atoms with Crippen LogP contribution in [0.15, 0.2) is 350 Å². The first-order valence-corrected chi connectivity index (χ1v) is 33.1. The predicted molar refractivity (Wildman–Crippen MR) is 414 cm³/mol. The van der Waals surface area contributed by atoms with E-state index in [2.05, 4.69) is 40.2 Å². The highest BCUT2D eigenvalue weighted by molar-refractivity contribution is 9.10. The summed E-state index contributed by atoms with van der Waals surface area (Å²) in [5.74, 6) is 3.13. The van der Waals surface area contributed by atoms with Crippen molar-refractivity contribution < 1.29 is 81.7 Å². The summed E-state index contributed by atoms with van der Waals surface area (Å²) < 4.78 is 0.584. The van der Waals surface area contributed by atoms with Gasteiger partial charge in [0.15, 0.2) is 0 Å². The molecule has 0 saturated carbocycles. The van der Waals surface area contributed by atoms with Crippen molar-refractivity contribution >= 4 is 37.5 Å². The summed E-state index contributed by atoms with van der Waals surface area (Å²) in [5.41, 5.74) is 8.07. The minimum absolute atomic E-state index is 0.0509. The second-order valence-corrected chi connectivity index (χ2v) is 24.1. The molecule has 0 radical (unpaired) electrons. The van der Waals surface area contributed by atoms with E-state index in [0.717, 1.165) is 72.5 Å². The van der Waals surface area contributed by atoms with Gasteiger partial charge in [-0.3, -0.25) is 0 Å². The van der Waals surface area contributed by atoms with E-state index in [0.29, 0.717) is 4.47 Å². The number of aromatic hydroxyl groups is 16. The van der Waals surface area contributed by atoms with Crippen molar-refractivity contribution in [2.24, 2.45) is 0 Å². The van der Waals surface area contributed by atoms with Gasteiger partial charge in [0.1, 0.15) is 92.0 Å². The Morgan fingerprint density at radius 2 is 0.486 bits per heavy atom. The van der Waals surface area contributed by atoms with Gasteiger partial charge in [-0.05, 0) is 253 Å². The molecular weight excluding hydrogens is 1390 g/mol. The Bertz CT molecular complexity index is 4880. The predicted octanol–water partition coefficient (Wildman–Crippen LogP) is 19.5. The van der Waals surface area contributed by atoms with E-state index in [4.69, 9.17) is 66.4 Å². The molecule has 15 aromatic rings. The lowest BCUT2D eigenvalue weighted by molar-refractivity contribution is 0.448. The molecule has 0 fully saturated rings. The fourth-order valence-electron chi connectivity index (χ4n) is 10.5. The smallest absolute Gasteiger partial charge is 0.133 e. The molecule has 0 unspecified atom stereocenters. The van der Waals surface area contributed by atoms with Gasteiger partial charge in [-0.15, -0.1) is 0 Å². The molecule has 0 aliphatic carbocycles. The Morgan fingerprint density at radius 3 is 0.838 bits per heavy atom. The molecule has 15 rings (SSSR count). The minimum Gasteiger partial charge on any atom is -0.508 e. The van der Waals surface area contributed by atoms with Crippen molar-refractivity contribution in [3.63, 3.8) is 0 Å². The van der Waals surface area contributed by atoms with E-state index < -0.39 is 5.41 Å². The summed E-state index contributed by atoms with van der Waals surface area (Å²) in [4.78, 5) is 0. The molecule has 0 aromatic heterocycles. The number of phenols is 16. The third-order valence-electron chi connectivity index (χ3n) is 15.6. The molecule has 0 saturated heterocycles. The van der Waals surface area contributed by atoms with Gasteiger partial charge in [0.05, 0.1) is 9.89 Å². The maximum Gasteiger partial charge on any atom is 0.133 e. The lowest BCUT2D eigenvalue weighted by Crippen LogP contribution is -2.30. The summed E-state index contributed by atoms with van der Waals surface area (Å²) in [6.07, 6.45) is 0.806. The van der Waals surface area contributed by atoms with Gasteiger partial charge in [0.2, 0.25) is 0 Å². The van der Waals surface area contributed by atoms with Crippen LogP contribution in [0.25, 0.3) is 32.7 Å². The zero-order chi connectivity index (χ0) is 75.3. The molecule has 16 N–H and O–H groups in total. The number of fused-ring (bicyclic) bond motifs is 2. The highest BCUT2D eigenvalue weighted by Gasteiger charge is 2.38. The van der Waals surface area contributed by atoms with Crippen LogP contribution in [-0.4, -0.2) is 81.7 Å². The van der Waals surface area contributed by atoms with Gasteiger partial charge >= 0.3 is 0 Å². The molecule has 17 heteroatoms. The summed E-state index contributed by atoms with van der Waals surface area (Å²) in [6, 6.07) is 99.5. The molecule has 105 heavy (non-hydrogen) atoms. The lowest BCUT2D eigenvalue weighted by atomic mass is 9.65. The summed E-state index contributed by atoms with van der Waals surface area (Å²) in [6.45, 7) is 0. The molecule has 0 amide bonds. The molecule has 0 heterocycles. The average molecular weight is 1470 g/mol. The number of hydrogen-bond donors (Lipinski definition) is 16. The minimum atomic E-state index is -0.566. The Hall–Kier alpha value is -13.9. The number of benzene rings is 15. The normalized spacial score (nSPS) is 10.2. The summed E-state index contributed by atoms with van der Waals surface area (Å²) in [7, 11) is 0. The van der Waals surface area contributed by atoms with E-state index >= 15 is 0 Å². The van der Waals surface area contributed by atoms with Gasteiger partial charge in [0, 0.05) is 17.5 Å². The topological polar surface area (TPSA) is 324 Å². The van der Waals surface area contributed by atoms with Gasteiger partial charge in [-0.2, -0.15) is 0 Å². The highest BCUT2D eigenvalue weighted by Crippen LogP contribution is 2.46. The van der Waals surface area contributed by atoms with Crippen molar-refractivity contribution in [1.29, 1.82) is 0 Å². The number of halogens is 1. The number of rotatable bonds is 7. The maximum absolute atomic E-state index is 9.84. The Balaban J connectivity index is 0.000000157. The lowest BCUT2D eigenvalue weighted by Gasteiger charge is -2.36. The molecule has 0 bridgehead atoms. The number of phenolic OH excluding ortho intramolecular Hbond substituents is 16. The fraction of sp³-hybridized carbons (Fsp3) is 0.0227. The average Bonchev–Trinajstić information content (AvgIpc) is 0.735. The largest absolute Gasteiger partial charge is 0.508 e. The third-order valence-corrected chi connectivity index (χ3v) is 16.3. The quantitative estimate of drug-likeness (QED) is 0.0521. The van der Waals surface area contributed by atoms with Gasteiger partial charge < -0.3 is 81.7 Å². The van der Waals surface area contributed by atoms with Crippen LogP contribution >= 0.6 is 15.9 Å². The van der Waals surface area contributed by atoms with Crippen molar-refractivity contribution in [2.45, 2.75) is 11.8 Å². The van der Waals surface area contributed by atoms with Crippen LogP contribution in [-0.2, 0) is 11.8 Å². The van der Waals surface area contributed by atoms with Gasteiger partial charge in [0.25, 0.3) is 0 Å². The molecule has 0 spiro atoms. The molecule has 15 aromatic carbocycles. The maximum atomic E-state index is 9.84. The van der Waals surface area contributed by atoms with E-state index in [-0.39, 0.29) is 92.0 Å². The molecular formula is C88H75BrO16. The van der Waals surface area contributed by atoms with E-state index in [1.54, 1.807) is 152 Å². The van der Waals surface area contributed by atoms with Crippen LogP contribution in [0, 0.1) is 0 Å². The second-order valence-electron chi connectivity index (χ2n) is 23.2. The SMILES string of the molecule is Oc1ccc(-c2ccc(O)cc2)cc1.Oc1ccc(Br)c(O)c1.Oc1ccc(C(c2ccccc2)(c2ccccc2)c2ccc(O)cc2)cc1.Oc1ccc(Cc2ccc(O)cc2)cc1.Oc1ccc(O)cc1.Oc1ccc2c(O)cccc2c1.Oc1ccc2cc(O)ccc2c1.Oc1cccc(O)c1. The van der Waals surface area contributed by atoms with Gasteiger partial charge in [-0.1, -0.05) is 164 Å². The molecule has 0 aliphatic heterocycles. The van der Waals surface area contributed by atoms with Crippen LogP contribution < -0.4 is 0 Å². The summed E-state index contributed by atoms with van der Waals surface area (Å²) >= 11 is 3.07. The molecule has 0 aliphatic rings. The van der Waals surface area contributed by atoms with Crippen molar-refractivity contribution in [1.82, 2.24) is 0 Å². The fourth-order valence-corrected chi connectivity index (χ4v) is 10.7.